The van der Waals surface area contributed by atoms with E-state index < -0.39 is 4.92 Å². The molecule has 0 saturated carbocycles. The molecule has 2 heterocycles. The van der Waals surface area contributed by atoms with E-state index in [1.807, 2.05) is 0 Å². The summed E-state index contributed by atoms with van der Waals surface area (Å²) in [5, 5.41) is 13.8. The van der Waals surface area contributed by atoms with E-state index in [2.05, 4.69) is 15.3 Å². The topological polar surface area (TPSA) is 125 Å². The molecule has 21 heavy (non-hydrogen) atoms. The minimum absolute atomic E-state index is 0.0178. The highest BCUT2D eigenvalue weighted by Crippen LogP contribution is 2.34. The Bertz CT molecular complexity index is 706. The third-order valence-corrected chi connectivity index (χ3v) is 2.79. The summed E-state index contributed by atoms with van der Waals surface area (Å²) < 4.78 is 10.8. The van der Waals surface area contributed by atoms with E-state index in [1.54, 1.807) is 18.2 Å². The van der Waals surface area contributed by atoms with Crippen molar-refractivity contribution in [3.05, 3.63) is 34.5 Å². The third-order valence-electron chi connectivity index (χ3n) is 2.79. The van der Waals surface area contributed by atoms with Crippen molar-refractivity contribution in [3.8, 4) is 11.5 Å². The molecule has 1 aliphatic rings. The zero-order valence-corrected chi connectivity index (χ0v) is 10.8. The van der Waals surface area contributed by atoms with Gasteiger partial charge in [-0.15, -0.1) is 0 Å². The molecule has 2 aromatic rings. The third kappa shape index (κ3) is 2.61. The first kappa shape index (κ1) is 12.9. The van der Waals surface area contributed by atoms with Gasteiger partial charge in [0.1, 0.15) is 19.4 Å². The quantitative estimate of drug-likeness (QED) is 0.642. The average molecular weight is 289 g/mol. The van der Waals surface area contributed by atoms with Gasteiger partial charge in [-0.1, -0.05) is 0 Å². The summed E-state index contributed by atoms with van der Waals surface area (Å²) in [6, 6.07) is 5.10. The van der Waals surface area contributed by atoms with E-state index in [4.69, 9.17) is 15.2 Å². The Kier molecular flexibility index (Phi) is 3.14. The maximum Gasteiger partial charge on any atom is 0.329 e. The number of ether oxygens (including phenoxy) is 2. The van der Waals surface area contributed by atoms with Gasteiger partial charge in [0.2, 0.25) is 11.8 Å². The van der Waals surface area contributed by atoms with Crippen LogP contribution in [0.15, 0.2) is 24.4 Å². The number of anilines is 3. The fourth-order valence-electron chi connectivity index (χ4n) is 1.87. The van der Waals surface area contributed by atoms with Gasteiger partial charge >= 0.3 is 5.69 Å². The van der Waals surface area contributed by atoms with E-state index in [9.17, 15) is 10.1 Å². The van der Waals surface area contributed by atoms with Crippen LogP contribution in [0.2, 0.25) is 0 Å². The van der Waals surface area contributed by atoms with Crippen LogP contribution >= 0.6 is 0 Å². The minimum Gasteiger partial charge on any atom is -0.486 e. The van der Waals surface area contributed by atoms with Crippen molar-refractivity contribution in [2.45, 2.75) is 0 Å². The largest absolute Gasteiger partial charge is 0.486 e. The van der Waals surface area contributed by atoms with Crippen LogP contribution < -0.4 is 20.5 Å². The molecule has 0 unspecified atom stereocenters. The zero-order chi connectivity index (χ0) is 14.8. The molecular formula is C12H11N5O4. The minimum atomic E-state index is -0.584. The second-order valence-electron chi connectivity index (χ2n) is 4.20. The number of fused-ring (bicyclic) bond motifs is 1. The van der Waals surface area contributed by atoms with Crippen molar-refractivity contribution in [3.63, 3.8) is 0 Å². The van der Waals surface area contributed by atoms with E-state index in [0.29, 0.717) is 30.4 Å². The van der Waals surface area contributed by atoms with E-state index in [-0.39, 0.29) is 17.5 Å². The fraction of sp³-hybridized carbons (Fsp3) is 0.167. The molecule has 1 aliphatic heterocycles. The van der Waals surface area contributed by atoms with Gasteiger partial charge in [-0.05, 0) is 12.1 Å². The number of nitrogens with two attached hydrogens (primary N) is 1. The Balaban J connectivity index is 1.93. The first-order chi connectivity index (χ1) is 10.1. The second-order valence-corrected chi connectivity index (χ2v) is 4.20. The number of rotatable bonds is 3. The molecule has 1 aromatic carbocycles. The van der Waals surface area contributed by atoms with Crippen molar-refractivity contribution >= 4 is 23.1 Å². The number of nitrogen functional groups attached to an aromatic ring is 1. The molecule has 3 N–H and O–H groups in total. The lowest BCUT2D eigenvalue weighted by Gasteiger charge is -2.19. The van der Waals surface area contributed by atoms with Crippen molar-refractivity contribution in [2.24, 2.45) is 0 Å². The van der Waals surface area contributed by atoms with Gasteiger partial charge in [-0.3, -0.25) is 10.1 Å². The van der Waals surface area contributed by atoms with Gasteiger partial charge in [0.25, 0.3) is 0 Å². The normalized spacial score (nSPS) is 12.8. The summed E-state index contributed by atoms with van der Waals surface area (Å²) in [7, 11) is 0. The van der Waals surface area contributed by atoms with E-state index >= 15 is 0 Å². The lowest BCUT2D eigenvalue weighted by atomic mass is 10.2. The standard InChI is InChI=1S/C12H11N5O4/c13-12-14-6-8(17(18)19)11(16-12)15-7-1-2-9-10(5-7)21-4-3-20-9/h1-2,5-6H,3-4H2,(H3,13,14,15,16). The van der Waals surface area contributed by atoms with Crippen molar-refractivity contribution in [2.75, 3.05) is 24.3 Å². The molecule has 0 atom stereocenters. The Labute approximate surface area is 118 Å². The lowest BCUT2D eigenvalue weighted by molar-refractivity contribution is -0.384. The number of nitrogens with one attached hydrogen (secondary N) is 1. The van der Waals surface area contributed by atoms with Crippen molar-refractivity contribution < 1.29 is 14.4 Å². The molecule has 3 rings (SSSR count). The molecule has 9 nitrogen and oxygen atoms in total. The summed E-state index contributed by atoms with van der Waals surface area (Å²) in [4.78, 5) is 17.8. The summed E-state index contributed by atoms with van der Waals surface area (Å²) in [6.45, 7) is 0.949. The van der Waals surface area contributed by atoms with E-state index in [0.717, 1.165) is 6.20 Å². The van der Waals surface area contributed by atoms with Crippen LogP contribution in [-0.2, 0) is 0 Å². The van der Waals surface area contributed by atoms with Gasteiger partial charge in [0.15, 0.2) is 11.5 Å². The SMILES string of the molecule is Nc1ncc([N+](=O)[O-])c(Nc2ccc3c(c2)OCCO3)n1. The van der Waals surface area contributed by atoms with Gasteiger partial charge in [0.05, 0.1) is 4.92 Å². The molecule has 0 aliphatic carbocycles. The number of benzene rings is 1. The predicted molar refractivity (Wildman–Crippen MR) is 73.8 cm³/mol. The average Bonchev–Trinajstić information content (AvgIpc) is 2.47. The van der Waals surface area contributed by atoms with Crippen LogP contribution in [0.5, 0.6) is 11.5 Å². The highest BCUT2D eigenvalue weighted by atomic mass is 16.6. The second kappa shape index (κ2) is 5.12. The van der Waals surface area contributed by atoms with Crippen LogP contribution in [0, 0.1) is 10.1 Å². The van der Waals surface area contributed by atoms with Crippen LogP contribution in [0.1, 0.15) is 0 Å². The Morgan fingerprint density at radius 1 is 1.29 bits per heavy atom. The molecule has 0 radical (unpaired) electrons. The summed E-state index contributed by atoms with van der Waals surface area (Å²) in [5.41, 5.74) is 5.77. The van der Waals surface area contributed by atoms with Crippen LogP contribution in [0.3, 0.4) is 0 Å². The van der Waals surface area contributed by atoms with Crippen LogP contribution in [0.25, 0.3) is 0 Å². The molecule has 0 spiro atoms. The number of nitro groups is 1. The summed E-state index contributed by atoms with van der Waals surface area (Å²) >= 11 is 0. The zero-order valence-electron chi connectivity index (χ0n) is 10.8. The molecule has 0 fully saturated rings. The Morgan fingerprint density at radius 3 is 2.81 bits per heavy atom. The van der Waals surface area contributed by atoms with Crippen molar-refractivity contribution in [1.29, 1.82) is 0 Å². The van der Waals surface area contributed by atoms with Gasteiger partial charge < -0.3 is 20.5 Å². The maximum atomic E-state index is 11.0. The Morgan fingerprint density at radius 2 is 2.05 bits per heavy atom. The van der Waals surface area contributed by atoms with Crippen LogP contribution in [-0.4, -0.2) is 28.1 Å². The smallest absolute Gasteiger partial charge is 0.329 e. The molecule has 9 heteroatoms. The monoisotopic (exact) mass is 289 g/mol. The lowest BCUT2D eigenvalue weighted by Crippen LogP contribution is -2.15. The van der Waals surface area contributed by atoms with Gasteiger partial charge in [-0.2, -0.15) is 4.98 Å². The number of nitrogens with zero attached hydrogens (tertiary/aromatic N) is 3. The molecule has 0 amide bonds. The highest BCUT2D eigenvalue weighted by Gasteiger charge is 2.18. The number of hydrogen-bond donors (Lipinski definition) is 2. The van der Waals surface area contributed by atoms with Crippen LogP contribution in [0.4, 0.5) is 23.1 Å². The fourth-order valence-corrected chi connectivity index (χ4v) is 1.87. The first-order valence-corrected chi connectivity index (χ1v) is 6.07. The Hall–Kier alpha value is -3.10. The summed E-state index contributed by atoms with van der Waals surface area (Å²) in [5.74, 6) is 1.16. The molecule has 108 valence electrons. The first-order valence-electron chi connectivity index (χ1n) is 6.07. The van der Waals surface area contributed by atoms with Gasteiger partial charge in [0, 0.05) is 11.8 Å². The predicted octanol–water partition coefficient (Wildman–Crippen LogP) is 1.48. The highest BCUT2D eigenvalue weighted by molar-refractivity contribution is 5.68. The van der Waals surface area contributed by atoms with E-state index in [1.165, 1.54) is 0 Å². The molecular weight excluding hydrogens is 278 g/mol. The molecule has 1 aromatic heterocycles. The van der Waals surface area contributed by atoms with Gasteiger partial charge in [-0.25, -0.2) is 4.98 Å². The molecule has 0 saturated heterocycles. The number of hydrogen-bond acceptors (Lipinski definition) is 8. The molecule has 0 bridgehead atoms. The maximum absolute atomic E-state index is 11.0. The van der Waals surface area contributed by atoms with Crippen molar-refractivity contribution in [1.82, 2.24) is 9.97 Å². The summed E-state index contributed by atoms with van der Waals surface area (Å²) in [6.07, 6.45) is 1.06. The number of aromatic nitrogens is 2.